The number of carbonyl (C=O) groups is 1. The van der Waals surface area contributed by atoms with Gasteiger partial charge in [-0.3, -0.25) is 4.79 Å². The Bertz CT molecular complexity index is 177. The highest BCUT2D eigenvalue weighted by atomic mass is 32.1. The fourth-order valence-electron chi connectivity index (χ4n) is 0.947. The Morgan fingerprint density at radius 1 is 1.55 bits per heavy atom. The lowest BCUT2D eigenvalue weighted by molar-refractivity contribution is -0.125. The lowest BCUT2D eigenvalue weighted by atomic mass is 9.85. The zero-order valence-electron chi connectivity index (χ0n) is 6.52. The van der Waals surface area contributed by atoms with Gasteiger partial charge in [0.2, 0.25) is 5.91 Å². The molecular formula is C7H12N2OS. The second-order valence-electron chi connectivity index (χ2n) is 2.70. The lowest BCUT2D eigenvalue weighted by Gasteiger charge is -2.23. The summed E-state index contributed by atoms with van der Waals surface area (Å²) in [5, 5.41) is 5.73. The minimum atomic E-state index is 0.0654. The van der Waals surface area contributed by atoms with Crippen molar-refractivity contribution >= 4 is 23.2 Å². The minimum absolute atomic E-state index is 0.0654. The van der Waals surface area contributed by atoms with Gasteiger partial charge in [0.25, 0.3) is 0 Å². The summed E-state index contributed by atoms with van der Waals surface area (Å²) in [6.07, 6.45) is 3.20. The fourth-order valence-corrected chi connectivity index (χ4v) is 1.05. The number of thiocarbonyl (C=S) groups is 1. The van der Waals surface area contributed by atoms with Crippen molar-refractivity contribution < 1.29 is 4.79 Å². The highest BCUT2D eigenvalue weighted by Crippen LogP contribution is 2.25. The zero-order valence-corrected chi connectivity index (χ0v) is 7.33. The second kappa shape index (κ2) is 3.67. The van der Waals surface area contributed by atoms with Gasteiger partial charge in [0.15, 0.2) is 5.11 Å². The van der Waals surface area contributed by atoms with Crippen LogP contribution in [0.25, 0.3) is 0 Å². The summed E-state index contributed by atoms with van der Waals surface area (Å²) in [6, 6.07) is 0. The number of hydrogen-bond donors (Lipinski definition) is 2. The molecule has 1 amide bonds. The highest BCUT2D eigenvalue weighted by Gasteiger charge is 2.25. The zero-order chi connectivity index (χ0) is 8.27. The van der Waals surface area contributed by atoms with Crippen molar-refractivity contribution in [3.8, 4) is 0 Å². The maximum Gasteiger partial charge on any atom is 0.229 e. The first-order valence-electron chi connectivity index (χ1n) is 3.76. The highest BCUT2D eigenvalue weighted by molar-refractivity contribution is 7.80. The molecule has 0 spiro atoms. The Balaban J connectivity index is 2.25. The first-order chi connectivity index (χ1) is 5.24. The van der Waals surface area contributed by atoms with E-state index in [0.29, 0.717) is 5.11 Å². The van der Waals surface area contributed by atoms with Crippen molar-refractivity contribution in [1.82, 2.24) is 10.6 Å². The molecule has 1 aliphatic rings. The Labute approximate surface area is 71.5 Å². The van der Waals surface area contributed by atoms with Crippen molar-refractivity contribution in [1.29, 1.82) is 0 Å². The summed E-state index contributed by atoms with van der Waals surface area (Å²) < 4.78 is 0. The molecule has 0 aromatic carbocycles. The van der Waals surface area contributed by atoms with Crippen LogP contribution >= 0.6 is 12.2 Å². The van der Waals surface area contributed by atoms with E-state index in [-0.39, 0.29) is 11.8 Å². The summed E-state index contributed by atoms with van der Waals surface area (Å²) >= 11 is 4.78. The van der Waals surface area contributed by atoms with Crippen LogP contribution in [0.3, 0.4) is 0 Å². The molecule has 4 heteroatoms. The number of hydrogen-bond acceptors (Lipinski definition) is 2. The van der Waals surface area contributed by atoms with E-state index in [0.717, 1.165) is 12.8 Å². The van der Waals surface area contributed by atoms with Crippen molar-refractivity contribution in [2.75, 3.05) is 7.05 Å². The molecule has 2 N–H and O–H groups in total. The van der Waals surface area contributed by atoms with Crippen LogP contribution in [-0.4, -0.2) is 18.1 Å². The predicted molar refractivity (Wildman–Crippen MR) is 47.1 cm³/mol. The quantitative estimate of drug-likeness (QED) is 0.563. The van der Waals surface area contributed by atoms with Crippen LogP contribution in [-0.2, 0) is 4.79 Å². The van der Waals surface area contributed by atoms with Gasteiger partial charge in [-0.15, -0.1) is 0 Å². The lowest BCUT2D eigenvalue weighted by Crippen LogP contribution is -2.42. The van der Waals surface area contributed by atoms with Crippen LogP contribution in [0.1, 0.15) is 19.3 Å². The van der Waals surface area contributed by atoms with Crippen LogP contribution < -0.4 is 10.6 Å². The number of rotatable bonds is 1. The first-order valence-corrected chi connectivity index (χ1v) is 4.17. The first kappa shape index (κ1) is 8.46. The standard InChI is InChI=1S/C7H12N2OS/c1-8-7(11)9-6(10)5-3-2-4-5/h5H,2-4H2,1H3,(H2,8,9,10,11). The van der Waals surface area contributed by atoms with Crippen molar-refractivity contribution in [3.63, 3.8) is 0 Å². The van der Waals surface area contributed by atoms with Crippen LogP contribution in [0, 0.1) is 5.92 Å². The molecule has 1 rings (SSSR count). The molecule has 0 unspecified atom stereocenters. The number of nitrogens with one attached hydrogen (secondary N) is 2. The molecule has 0 aromatic heterocycles. The van der Waals surface area contributed by atoms with E-state index in [1.165, 1.54) is 6.42 Å². The molecule has 0 bridgehead atoms. The monoisotopic (exact) mass is 172 g/mol. The van der Waals surface area contributed by atoms with Gasteiger partial charge in [-0.25, -0.2) is 0 Å². The van der Waals surface area contributed by atoms with Crippen molar-refractivity contribution in [2.45, 2.75) is 19.3 Å². The van der Waals surface area contributed by atoms with Gasteiger partial charge >= 0.3 is 0 Å². The van der Waals surface area contributed by atoms with E-state index in [2.05, 4.69) is 10.6 Å². The summed E-state index contributed by atoms with van der Waals surface area (Å²) in [6.45, 7) is 0. The topological polar surface area (TPSA) is 41.1 Å². The van der Waals surface area contributed by atoms with E-state index >= 15 is 0 Å². The van der Waals surface area contributed by atoms with Gasteiger partial charge in [-0.1, -0.05) is 6.42 Å². The normalized spacial score (nSPS) is 16.8. The predicted octanol–water partition coefficient (Wildman–Crippen LogP) is 0.407. The van der Waals surface area contributed by atoms with Gasteiger partial charge in [0, 0.05) is 13.0 Å². The van der Waals surface area contributed by atoms with E-state index in [1.807, 2.05) is 0 Å². The Kier molecular flexibility index (Phi) is 2.82. The molecule has 3 nitrogen and oxygen atoms in total. The van der Waals surface area contributed by atoms with Crippen LogP contribution in [0.4, 0.5) is 0 Å². The van der Waals surface area contributed by atoms with E-state index in [1.54, 1.807) is 7.05 Å². The molecule has 0 radical (unpaired) electrons. The number of amides is 1. The molecule has 1 aliphatic carbocycles. The second-order valence-corrected chi connectivity index (χ2v) is 3.10. The molecule has 0 aromatic rings. The minimum Gasteiger partial charge on any atom is -0.365 e. The summed E-state index contributed by atoms with van der Waals surface area (Å²) in [4.78, 5) is 11.2. The molecule has 0 heterocycles. The molecule has 0 saturated heterocycles. The average Bonchev–Trinajstić information content (AvgIpc) is 1.83. The number of carbonyl (C=O) groups excluding carboxylic acids is 1. The largest absolute Gasteiger partial charge is 0.365 e. The van der Waals surface area contributed by atoms with E-state index < -0.39 is 0 Å². The van der Waals surface area contributed by atoms with Gasteiger partial charge in [-0.2, -0.15) is 0 Å². The van der Waals surface area contributed by atoms with Crippen molar-refractivity contribution in [2.24, 2.45) is 5.92 Å². The smallest absolute Gasteiger partial charge is 0.229 e. The van der Waals surface area contributed by atoms with Gasteiger partial charge in [0.05, 0.1) is 0 Å². The Hall–Kier alpha value is -0.640. The molecule has 0 atom stereocenters. The molecular weight excluding hydrogens is 160 g/mol. The maximum atomic E-state index is 11.2. The summed E-state index contributed by atoms with van der Waals surface area (Å²) in [7, 11) is 1.70. The van der Waals surface area contributed by atoms with Crippen LogP contribution in [0.5, 0.6) is 0 Å². The molecule has 11 heavy (non-hydrogen) atoms. The van der Waals surface area contributed by atoms with Gasteiger partial charge < -0.3 is 10.6 Å². The third-order valence-corrected chi connectivity index (χ3v) is 2.25. The maximum absolute atomic E-state index is 11.2. The SMILES string of the molecule is CNC(=S)NC(=O)C1CCC1. The summed E-state index contributed by atoms with van der Waals surface area (Å²) in [5.74, 6) is 0.275. The Morgan fingerprint density at radius 3 is 2.55 bits per heavy atom. The summed E-state index contributed by atoms with van der Waals surface area (Å²) in [5.41, 5.74) is 0. The third-order valence-electron chi connectivity index (χ3n) is 1.94. The van der Waals surface area contributed by atoms with Gasteiger partial charge in [0.1, 0.15) is 0 Å². The molecule has 0 aliphatic heterocycles. The third kappa shape index (κ3) is 2.15. The van der Waals surface area contributed by atoms with E-state index in [4.69, 9.17) is 12.2 Å². The fraction of sp³-hybridized carbons (Fsp3) is 0.714. The molecule has 1 saturated carbocycles. The van der Waals surface area contributed by atoms with Gasteiger partial charge in [-0.05, 0) is 25.1 Å². The van der Waals surface area contributed by atoms with Crippen LogP contribution in [0.15, 0.2) is 0 Å². The molecule has 62 valence electrons. The van der Waals surface area contributed by atoms with E-state index in [9.17, 15) is 4.79 Å². The van der Waals surface area contributed by atoms with Crippen LogP contribution in [0.2, 0.25) is 0 Å². The molecule has 1 fully saturated rings. The Morgan fingerprint density at radius 2 is 2.18 bits per heavy atom. The van der Waals surface area contributed by atoms with Crippen molar-refractivity contribution in [3.05, 3.63) is 0 Å². The average molecular weight is 172 g/mol.